The lowest BCUT2D eigenvalue weighted by Crippen LogP contribution is -1.97. The number of halogens is 2. The summed E-state index contributed by atoms with van der Waals surface area (Å²) in [5.41, 5.74) is 1.09. The molecule has 1 nitrogen and oxygen atoms in total. The molecule has 0 unspecified atom stereocenters. The predicted molar refractivity (Wildman–Crippen MR) is 61.4 cm³/mol. The second-order valence-electron chi connectivity index (χ2n) is 3.13. The van der Waals surface area contributed by atoms with Crippen molar-refractivity contribution in [1.29, 1.82) is 0 Å². The number of benzene rings is 1. The van der Waals surface area contributed by atoms with Gasteiger partial charge in [-0.15, -0.1) is 6.58 Å². The third-order valence-corrected chi connectivity index (χ3v) is 2.23. The predicted octanol–water partition coefficient (Wildman–Crippen LogP) is 4.34. The van der Waals surface area contributed by atoms with Crippen molar-refractivity contribution in [3.05, 3.63) is 40.4 Å². The molecular weight excluding hydrogens is 219 g/mol. The van der Waals surface area contributed by atoms with Gasteiger partial charge in [-0.05, 0) is 19.1 Å². The Bertz CT molecular complexity index is 334. The van der Waals surface area contributed by atoms with Crippen molar-refractivity contribution in [1.82, 2.24) is 0 Å². The van der Waals surface area contributed by atoms with Gasteiger partial charge in [-0.3, -0.25) is 0 Å². The zero-order valence-corrected chi connectivity index (χ0v) is 9.53. The molecule has 1 aromatic carbocycles. The highest BCUT2D eigenvalue weighted by Gasteiger charge is 2.01. The van der Waals surface area contributed by atoms with Crippen molar-refractivity contribution < 1.29 is 4.74 Å². The molecule has 0 atom stereocenters. The fourth-order valence-corrected chi connectivity index (χ4v) is 1.26. The summed E-state index contributed by atoms with van der Waals surface area (Å²) in [7, 11) is 0. The number of ether oxygens (including phenoxy) is 1. The molecule has 0 radical (unpaired) electrons. The van der Waals surface area contributed by atoms with Gasteiger partial charge in [-0.2, -0.15) is 0 Å². The van der Waals surface area contributed by atoms with Gasteiger partial charge in [0.25, 0.3) is 0 Å². The van der Waals surface area contributed by atoms with Gasteiger partial charge in [0.2, 0.25) is 0 Å². The van der Waals surface area contributed by atoms with Gasteiger partial charge in [-0.25, -0.2) is 0 Å². The summed E-state index contributed by atoms with van der Waals surface area (Å²) in [6.45, 7) is 6.33. The van der Waals surface area contributed by atoms with Crippen LogP contribution in [0.25, 0.3) is 0 Å². The van der Waals surface area contributed by atoms with Gasteiger partial charge in [0.05, 0.1) is 11.6 Å². The molecule has 0 bridgehead atoms. The molecule has 0 aromatic heterocycles. The van der Waals surface area contributed by atoms with E-state index in [1.165, 1.54) is 0 Å². The maximum Gasteiger partial charge on any atom is 0.139 e. The van der Waals surface area contributed by atoms with Crippen molar-refractivity contribution >= 4 is 23.2 Å². The average Bonchev–Trinajstić information content (AvgIpc) is 2.10. The zero-order chi connectivity index (χ0) is 10.6. The van der Waals surface area contributed by atoms with E-state index in [1.54, 1.807) is 18.2 Å². The van der Waals surface area contributed by atoms with E-state index in [-0.39, 0.29) is 0 Å². The lowest BCUT2D eigenvalue weighted by Gasteiger charge is -2.07. The Labute approximate surface area is 94.3 Å². The van der Waals surface area contributed by atoms with Crippen LogP contribution in [0.1, 0.15) is 13.3 Å². The smallest absolute Gasteiger partial charge is 0.139 e. The highest BCUT2D eigenvalue weighted by atomic mass is 35.5. The van der Waals surface area contributed by atoms with Crippen LogP contribution in [0.5, 0.6) is 5.75 Å². The first-order valence-electron chi connectivity index (χ1n) is 4.32. The second kappa shape index (κ2) is 5.28. The quantitative estimate of drug-likeness (QED) is 0.700. The summed E-state index contributed by atoms with van der Waals surface area (Å²) in [5, 5.41) is 1.20. The van der Waals surface area contributed by atoms with Crippen LogP contribution in [-0.2, 0) is 0 Å². The van der Waals surface area contributed by atoms with E-state index >= 15 is 0 Å². The fourth-order valence-electron chi connectivity index (χ4n) is 0.923. The molecule has 0 saturated heterocycles. The van der Waals surface area contributed by atoms with E-state index in [0.29, 0.717) is 22.4 Å². The minimum absolute atomic E-state index is 0.579. The topological polar surface area (TPSA) is 9.23 Å². The lowest BCUT2D eigenvalue weighted by atomic mass is 10.2. The third kappa shape index (κ3) is 3.60. The molecule has 0 N–H and O–H groups in total. The Morgan fingerprint density at radius 1 is 1.43 bits per heavy atom. The van der Waals surface area contributed by atoms with E-state index < -0.39 is 0 Å². The Balaban J connectivity index is 2.57. The Morgan fingerprint density at radius 3 is 2.79 bits per heavy atom. The van der Waals surface area contributed by atoms with Gasteiger partial charge in [0.15, 0.2) is 0 Å². The fraction of sp³-hybridized carbons (Fsp3) is 0.273. The van der Waals surface area contributed by atoms with E-state index in [4.69, 9.17) is 27.9 Å². The van der Waals surface area contributed by atoms with Gasteiger partial charge in [0.1, 0.15) is 5.75 Å². The molecule has 0 aliphatic heterocycles. The molecule has 14 heavy (non-hydrogen) atoms. The maximum atomic E-state index is 5.91. The highest BCUT2D eigenvalue weighted by Crippen LogP contribution is 2.27. The zero-order valence-electron chi connectivity index (χ0n) is 8.02. The second-order valence-corrected chi connectivity index (χ2v) is 3.97. The molecule has 76 valence electrons. The summed E-state index contributed by atoms with van der Waals surface area (Å²) in [5.74, 6) is 0.625. The van der Waals surface area contributed by atoms with Crippen molar-refractivity contribution in [3.63, 3.8) is 0 Å². The van der Waals surface area contributed by atoms with Crippen LogP contribution < -0.4 is 4.74 Å². The lowest BCUT2D eigenvalue weighted by molar-refractivity contribution is 0.322. The normalized spacial score (nSPS) is 9.93. The van der Waals surface area contributed by atoms with Gasteiger partial charge in [-0.1, -0.05) is 28.8 Å². The van der Waals surface area contributed by atoms with Crippen LogP contribution >= 0.6 is 23.2 Å². The summed E-state index contributed by atoms with van der Waals surface area (Å²) in [6, 6.07) is 5.16. The summed E-state index contributed by atoms with van der Waals surface area (Å²) >= 11 is 11.7. The average molecular weight is 231 g/mol. The monoisotopic (exact) mass is 230 g/mol. The SMILES string of the molecule is C=C(C)CCOc1cc(Cl)ccc1Cl. The largest absolute Gasteiger partial charge is 0.492 e. The maximum absolute atomic E-state index is 5.91. The summed E-state index contributed by atoms with van der Waals surface area (Å²) in [4.78, 5) is 0. The molecular formula is C11H12Cl2O. The van der Waals surface area contributed by atoms with Crippen molar-refractivity contribution in [2.75, 3.05) is 6.61 Å². The minimum Gasteiger partial charge on any atom is -0.492 e. The van der Waals surface area contributed by atoms with E-state index in [0.717, 1.165) is 12.0 Å². The Morgan fingerprint density at radius 2 is 2.14 bits per heavy atom. The van der Waals surface area contributed by atoms with Crippen LogP contribution in [0.2, 0.25) is 10.0 Å². The van der Waals surface area contributed by atoms with Crippen molar-refractivity contribution in [3.8, 4) is 5.75 Å². The van der Waals surface area contributed by atoms with Crippen LogP contribution in [0, 0.1) is 0 Å². The van der Waals surface area contributed by atoms with Gasteiger partial charge >= 0.3 is 0 Å². The molecule has 3 heteroatoms. The molecule has 0 spiro atoms. The molecule has 0 fully saturated rings. The van der Waals surface area contributed by atoms with Crippen LogP contribution in [0.3, 0.4) is 0 Å². The van der Waals surface area contributed by atoms with E-state index in [9.17, 15) is 0 Å². The first-order valence-corrected chi connectivity index (χ1v) is 5.07. The van der Waals surface area contributed by atoms with Crippen molar-refractivity contribution in [2.24, 2.45) is 0 Å². The first-order chi connectivity index (χ1) is 6.59. The molecule has 0 saturated carbocycles. The van der Waals surface area contributed by atoms with E-state index in [1.807, 2.05) is 6.92 Å². The number of hydrogen-bond acceptors (Lipinski definition) is 1. The third-order valence-electron chi connectivity index (χ3n) is 1.68. The Kier molecular flexibility index (Phi) is 4.30. The van der Waals surface area contributed by atoms with Crippen LogP contribution in [0.15, 0.2) is 30.4 Å². The molecule has 1 aromatic rings. The summed E-state index contributed by atoms with van der Waals surface area (Å²) < 4.78 is 5.45. The van der Waals surface area contributed by atoms with Gasteiger partial charge < -0.3 is 4.74 Å². The Hall–Kier alpha value is -0.660. The molecule has 0 aliphatic carbocycles. The summed E-state index contributed by atoms with van der Waals surface area (Å²) in [6.07, 6.45) is 0.822. The van der Waals surface area contributed by atoms with Crippen LogP contribution in [0.4, 0.5) is 0 Å². The molecule has 0 heterocycles. The number of rotatable bonds is 4. The van der Waals surface area contributed by atoms with Crippen molar-refractivity contribution in [2.45, 2.75) is 13.3 Å². The first kappa shape index (κ1) is 11.4. The molecule has 0 amide bonds. The molecule has 0 aliphatic rings. The highest BCUT2D eigenvalue weighted by molar-refractivity contribution is 6.34. The van der Waals surface area contributed by atoms with E-state index in [2.05, 4.69) is 6.58 Å². The van der Waals surface area contributed by atoms with Crippen LogP contribution in [-0.4, -0.2) is 6.61 Å². The van der Waals surface area contributed by atoms with Gasteiger partial charge in [0, 0.05) is 17.5 Å². The number of hydrogen-bond donors (Lipinski definition) is 0. The minimum atomic E-state index is 0.579. The standard InChI is InChI=1S/C11H12Cl2O/c1-8(2)5-6-14-11-7-9(12)3-4-10(11)13/h3-4,7H,1,5-6H2,2H3. The molecule has 1 rings (SSSR count).